The lowest BCUT2D eigenvalue weighted by molar-refractivity contribution is -0.385. The van der Waals surface area contributed by atoms with Gasteiger partial charge >= 0.3 is 0 Å². The molecular formula is C13H19N3O3. The predicted octanol–water partition coefficient (Wildman–Crippen LogP) is 2.29. The van der Waals surface area contributed by atoms with Gasteiger partial charge in [0, 0.05) is 24.8 Å². The Morgan fingerprint density at radius 2 is 1.95 bits per heavy atom. The van der Waals surface area contributed by atoms with Gasteiger partial charge in [0.05, 0.1) is 4.92 Å². The number of nitrogens with zero attached hydrogens (tertiary/aromatic N) is 2. The first-order chi connectivity index (χ1) is 8.75. The van der Waals surface area contributed by atoms with Crippen LogP contribution in [0.4, 0.5) is 11.4 Å². The molecule has 2 N–H and O–H groups in total. The number of nitro groups is 1. The topological polar surface area (TPSA) is 89.5 Å². The molecule has 6 heteroatoms. The van der Waals surface area contributed by atoms with E-state index < -0.39 is 4.92 Å². The highest BCUT2D eigenvalue weighted by Crippen LogP contribution is 2.24. The number of nitro benzene ring substituents is 1. The molecule has 1 aromatic rings. The number of anilines is 1. The molecule has 1 aromatic carbocycles. The van der Waals surface area contributed by atoms with Gasteiger partial charge in [0.25, 0.3) is 11.6 Å². The molecule has 0 aliphatic rings. The monoisotopic (exact) mass is 265 g/mol. The second kappa shape index (κ2) is 5.69. The number of nitrogen functional groups attached to an aromatic ring is 1. The summed E-state index contributed by atoms with van der Waals surface area (Å²) in [5.41, 5.74) is 5.75. The summed E-state index contributed by atoms with van der Waals surface area (Å²) >= 11 is 0. The zero-order valence-corrected chi connectivity index (χ0v) is 11.6. The van der Waals surface area contributed by atoms with Crippen molar-refractivity contribution in [2.24, 2.45) is 5.92 Å². The van der Waals surface area contributed by atoms with Crippen LogP contribution >= 0.6 is 0 Å². The van der Waals surface area contributed by atoms with Crippen molar-refractivity contribution in [3.63, 3.8) is 0 Å². The van der Waals surface area contributed by atoms with Crippen molar-refractivity contribution < 1.29 is 9.72 Å². The van der Waals surface area contributed by atoms with Gasteiger partial charge in [0.15, 0.2) is 0 Å². The summed E-state index contributed by atoms with van der Waals surface area (Å²) in [6, 6.07) is 4.01. The van der Waals surface area contributed by atoms with Crippen molar-refractivity contribution in [1.29, 1.82) is 0 Å². The highest BCUT2D eigenvalue weighted by Gasteiger charge is 2.26. The number of nitrogens with two attached hydrogens (primary N) is 1. The molecule has 1 atom stereocenters. The van der Waals surface area contributed by atoms with Crippen LogP contribution in [0.2, 0.25) is 0 Å². The number of carbonyl (C=O) groups excluding carboxylic acids is 1. The number of benzene rings is 1. The molecule has 1 amide bonds. The maximum Gasteiger partial charge on any atom is 0.282 e. The average molecular weight is 265 g/mol. The lowest BCUT2D eigenvalue weighted by Crippen LogP contribution is -2.38. The van der Waals surface area contributed by atoms with E-state index in [1.165, 1.54) is 23.1 Å². The molecule has 0 saturated carbocycles. The lowest BCUT2D eigenvalue weighted by Gasteiger charge is -2.28. The Hall–Kier alpha value is -2.11. The molecule has 104 valence electrons. The van der Waals surface area contributed by atoms with Crippen molar-refractivity contribution in [3.05, 3.63) is 33.9 Å². The summed E-state index contributed by atoms with van der Waals surface area (Å²) in [6.07, 6.45) is 0. The summed E-state index contributed by atoms with van der Waals surface area (Å²) in [4.78, 5) is 24.2. The Kier molecular flexibility index (Phi) is 4.47. The third kappa shape index (κ3) is 3.21. The van der Waals surface area contributed by atoms with Crippen LogP contribution in [0.1, 0.15) is 31.1 Å². The Morgan fingerprint density at radius 1 is 1.37 bits per heavy atom. The van der Waals surface area contributed by atoms with Crippen molar-refractivity contribution in [1.82, 2.24) is 4.90 Å². The number of rotatable bonds is 4. The molecule has 19 heavy (non-hydrogen) atoms. The van der Waals surface area contributed by atoms with Gasteiger partial charge in [-0.1, -0.05) is 13.8 Å². The summed E-state index contributed by atoms with van der Waals surface area (Å²) < 4.78 is 0. The molecule has 6 nitrogen and oxygen atoms in total. The second-order valence-electron chi connectivity index (χ2n) is 4.93. The molecule has 0 radical (unpaired) electrons. The number of amides is 1. The van der Waals surface area contributed by atoms with E-state index in [9.17, 15) is 14.9 Å². The zero-order chi connectivity index (χ0) is 14.7. The van der Waals surface area contributed by atoms with Crippen LogP contribution in [0.25, 0.3) is 0 Å². The fraction of sp³-hybridized carbons (Fsp3) is 0.462. The van der Waals surface area contributed by atoms with E-state index in [1.54, 1.807) is 7.05 Å². The van der Waals surface area contributed by atoms with Crippen LogP contribution in [0.3, 0.4) is 0 Å². The normalized spacial score (nSPS) is 12.3. The van der Waals surface area contributed by atoms with Crippen LogP contribution in [0.15, 0.2) is 18.2 Å². The first-order valence-corrected chi connectivity index (χ1v) is 6.06. The Bertz CT molecular complexity index is 500. The fourth-order valence-electron chi connectivity index (χ4n) is 1.71. The SMILES string of the molecule is CC(C)C(C)N(C)C(=O)c1cc(N)ccc1[N+](=O)[O-]. The van der Waals surface area contributed by atoms with Crippen LogP contribution in [0, 0.1) is 16.0 Å². The molecule has 0 aromatic heterocycles. The Morgan fingerprint density at radius 3 is 2.42 bits per heavy atom. The van der Waals surface area contributed by atoms with Crippen molar-refractivity contribution >= 4 is 17.3 Å². The largest absolute Gasteiger partial charge is 0.399 e. The Balaban J connectivity index is 3.18. The minimum Gasteiger partial charge on any atom is -0.399 e. The number of hydrogen-bond donors (Lipinski definition) is 1. The quantitative estimate of drug-likeness (QED) is 0.514. The molecule has 0 saturated heterocycles. The second-order valence-corrected chi connectivity index (χ2v) is 4.93. The molecule has 0 aliphatic carbocycles. The van der Waals surface area contributed by atoms with E-state index in [1.807, 2.05) is 20.8 Å². The highest BCUT2D eigenvalue weighted by atomic mass is 16.6. The van der Waals surface area contributed by atoms with Crippen LogP contribution < -0.4 is 5.73 Å². The van der Waals surface area contributed by atoms with Gasteiger partial charge in [-0.25, -0.2) is 0 Å². The van der Waals surface area contributed by atoms with Crippen molar-refractivity contribution in [3.8, 4) is 0 Å². The van der Waals surface area contributed by atoms with Crippen LogP contribution in [-0.2, 0) is 0 Å². The molecule has 0 bridgehead atoms. The van der Waals surface area contributed by atoms with Gasteiger partial charge in [-0.3, -0.25) is 14.9 Å². The maximum absolute atomic E-state index is 12.3. The van der Waals surface area contributed by atoms with Gasteiger partial charge in [-0.05, 0) is 25.0 Å². The minimum absolute atomic E-state index is 0.0199. The van der Waals surface area contributed by atoms with E-state index in [2.05, 4.69) is 0 Å². The molecule has 1 unspecified atom stereocenters. The molecule has 0 fully saturated rings. The number of hydrogen-bond acceptors (Lipinski definition) is 4. The fourth-order valence-corrected chi connectivity index (χ4v) is 1.71. The van der Waals surface area contributed by atoms with Gasteiger partial charge in [0.2, 0.25) is 0 Å². The first kappa shape index (κ1) is 14.9. The van der Waals surface area contributed by atoms with Gasteiger partial charge in [-0.15, -0.1) is 0 Å². The third-order valence-corrected chi connectivity index (χ3v) is 3.34. The van der Waals surface area contributed by atoms with Gasteiger partial charge < -0.3 is 10.6 Å². The van der Waals surface area contributed by atoms with Crippen molar-refractivity contribution in [2.45, 2.75) is 26.8 Å². The van der Waals surface area contributed by atoms with Crippen LogP contribution in [-0.4, -0.2) is 28.8 Å². The van der Waals surface area contributed by atoms with E-state index in [-0.39, 0.29) is 29.1 Å². The summed E-state index contributed by atoms with van der Waals surface area (Å²) in [7, 11) is 1.64. The van der Waals surface area contributed by atoms with Crippen LogP contribution in [0.5, 0.6) is 0 Å². The standard InChI is InChI=1S/C13H19N3O3/c1-8(2)9(3)15(4)13(17)11-7-10(14)5-6-12(11)16(18)19/h5-9H,14H2,1-4H3. The molecule has 0 heterocycles. The minimum atomic E-state index is -0.569. The highest BCUT2D eigenvalue weighted by molar-refractivity contribution is 5.99. The zero-order valence-electron chi connectivity index (χ0n) is 11.6. The summed E-state index contributed by atoms with van der Waals surface area (Å²) in [6.45, 7) is 5.88. The molecule has 0 aliphatic heterocycles. The molecule has 1 rings (SSSR count). The third-order valence-electron chi connectivity index (χ3n) is 3.34. The summed E-state index contributed by atoms with van der Waals surface area (Å²) in [5.74, 6) is -0.130. The van der Waals surface area contributed by atoms with Gasteiger partial charge in [0.1, 0.15) is 5.56 Å². The molecule has 0 spiro atoms. The first-order valence-electron chi connectivity index (χ1n) is 6.06. The number of carbonyl (C=O) groups is 1. The summed E-state index contributed by atoms with van der Waals surface area (Å²) in [5, 5.41) is 11.0. The average Bonchev–Trinajstić information content (AvgIpc) is 2.35. The lowest BCUT2D eigenvalue weighted by atomic mass is 10.0. The van der Waals surface area contributed by atoms with E-state index in [0.29, 0.717) is 5.69 Å². The van der Waals surface area contributed by atoms with Crippen molar-refractivity contribution in [2.75, 3.05) is 12.8 Å². The Labute approximate surface area is 112 Å². The molecular weight excluding hydrogens is 246 g/mol. The predicted molar refractivity (Wildman–Crippen MR) is 73.9 cm³/mol. The smallest absolute Gasteiger partial charge is 0.282 e. The van der Waals surface area contributed by atoms with E-state index in [4.69, 9.17) is 5.73 Å². The van der Waals surface area contributed by atoms with Gasteiger partial charge in [-0.2, -0.15) is 0 Å². The van der Waals surface area contributed by atoms with E-state index >= 15 is 0 Å². The maximum atomic E-state index is 12.3. The van der Waals surface area contributed by atoms with E-state index in [0.717, 1.165) is 0 Å².